The molecule has 18 heavy (non-hydrogen) atoms. The number of likely N-dealkylation sites (N-methyl/N-ethyl adjacent to an activating group) is 1. The van der Waals surface area contributed by atoms with Crippen LogP contribution in [0, 0.1) is 0 Å². The van der Waals surface area contributed by atoms with Gasteiger partial charge in [-0.25, -0.2) is 0 Å². The second-order valence-electron chi connectivity index (χ2n) is 4.43. The molecular formula is C14H23NO2S. The number of thioether (sulfide) groups is 1. The number of rotatable bonds is 8. The Kier molecular flexibility index (Phi) is 7.35. The zero-order valence-corrected chi connectivity index (χ0v) is 12.0. The van der Waals surface area contributed by atoms with Crippen LogP contribution < -0.4 is 0 Å². The second kappa shape index (κ2) is 8.53. The van der Waals surface area contributed by atoms with E-state index in [4.69, 9.17) is 5.11 Å². The van der Waals surface area contributed by atoms with Crippen LogP contribution in [0.15, 0.2) is 29.2 Å². The van der Waals surface area contributed by atoms with E-state index in [2.05, 4.69) is 35.4 Å². The molecule has 1 aromatic rings. The van der Waals surface area contributed by atoms with Gasteiger partial charge in [0.2, 0.25) is 0 Å². The summed E-state index contributed by atoms with van der Waals surface area (Å²) in [4.78, 5) is 3.39. The first-order chi connectivity index (χ1) is 8.71. The van der Waals surface area contributed by atoms with Gasteiger partial charge in [0, 0.05) is 24.1 Å². The van der Waals surface area contributed by atoms with Crippen LogP contribution in [0.5, 0.6) is 0 Å². The third kappa shape index (κ3) is 4.98. The van der Waals surface area contributed by atoms with E-state index in [1.807, 2.05) is 7.05 Å². The topological polar surface area (TPSA) is 43.7 Å². The Morgan fingerprint density at radius 2 is 1.89 bits per heavy atom. The minimum Gasteiger partial charge on any atom is -0.396 e. The highest BCUT2D eigenvalue weighted by Crippen LogP contribution is 2.15. The first kappa shape index (κ1) is 15.5. The normalized spacial score (nSPS) is 12.9. The Balaban J connectivity index is 2.42. The average Bonchev–Trinajstić information content (AvgIpc) is 2.42. The van der Waals surface area contributed by atoms with Gasteiger partial charge in [-0.05, 0) is 43.8 Å². The summed E-state index contributed by atoms with van der Waals surface area (Å²) >= 11 is 1.75. The molecule has 1 unspecified atom stereocenters. The molecule has 2 N–H and O–H groups in total. The van der Waals surface area contributed by atoms with Crippen molar-refractivity contribution in [1.82, 2.24) is 4.90 Å². The van der Waals surface area contributed by atoms with Crippen LogP contribution in [0.4, 0.5) is 0 Å². The lowest BCUT2D eigenvalue weighted by Crippen LogP contribution is -2.36. The van der Waals surface area contributed by atoms with Crippen LogP contribution in [-0.2, 0) is 6.42 Å². The highest BCUT2D eigenvalue weighted by atomic mass is 32.2. The lowest BCUT2D eigenvalue weighted by atomic mass is 10.1. The predicted octanol–water partition coefficient (Wildman–Crippen LogP) is 1.63. The first-order valence-corrected chi connectivity index (χ1v) is 7.48. The molecule has 0 amide bonds. The average molecular weight is 269 g/mol. The van der Waals surface area contributed by atoms with E-state index in [0.29, 0.717) is 6.42 Å². The van der Waals surface area contributed by atoms with Crippen molar-refractivity contribution >= 4 is 11.8 Å². The molecule has 1 rings (SSSR count). The summed E-state index contributed by atoms with van der Waals surface area (Å²) < 4.78 is 0. The van der Waals surface area contributed by atoms with Gasteiger partial charge in [-0.3, -0.25) is 0 Å². The molecule has 0 saturated heterocycles. The number of aliphatic hydroxyl groups excluding tert-OH is 2. The van der Waals surface area contributed by atoms with Gasteiger partial charge in [0.1, 0.15) is 0 Å². The standard InChI is InChI=1S/C14H23NO2S/c1-15(13(11-17)8-10-16)9-7-12-3-5-14(18-2)6-4-12/h3-6,13,16-17H,7-11H2,1-2H3. The smallest absolute Gasteiger partial charge is 0.0587 e. The van der Waals surface area contributed by atoms with Crippen molar-refractivity contribution < 1.29 is 10.2 Å². The van der Waals surface area contributed by atoms with Gasteiger partial charge in [-0.15, -0.1) is 11.8 Å². The molecular weight excluding hydrogens is 246 g/mol. The van der Waals surface area contributed by atoms with Crippen LogP contribution in [0.2, 0.25) is 0 Å². The van der Waals surface area contributed by atoms with Gasteiger partial charge in [-0.2, -0.15) is 0 Å². The Bertz CT molecular complexity index is 329. The summed E-state index contributed by atoms with van der Waals surface area (Å²) in [5, 5.41) is 18.2. The van der Waals surface area contributed by atoms with Crippen LogP contribution in [-0.4, -0.2) is 54.2 Å². The minimum absolute atomic E-state index is 0.0560. The maximum absolute atomic E-state index is 9.24. The molecule has 0 aliphatic rings. The number of aliphatic hydroxyl groups is 2. The number of benzene rings is 1. The molecule has 0 bridgehead atoms. The van der Waals surface area contributed by atoms with E-state index >= 15 is 0 Å². The van der Waals surface area contributed by atoms with Gasteiger partial charge in [0.25, 0.3) is 0 Å². The van der Waals surface area contributed by atoms with E-state index in [-0.39, 0.29) is 19.3 Å². The van der Waals surface area contributed by atoms with Crippen molar-refractivity contribution in [3.63, 3.8) is 0 Å². The monoisotopic (exact) mass is 269 g/mol. The molecule has 0 aliphatic heterocycles. The zero-order chi connectivity index (χ0) is 13.4. The van der Waals surface area contributed by atoms with Crippen molar-refractivity contribution in [2.24, 2.45) is 0 Å². The first-order valence-electron chi connectivity index (χ1n) is 6.26. The molecule has 0 spiro atoms. The maximum atomic E-state index is 9.24. The summed E-state index contributed by atoms with van der Waals surface area (Å²) in [7, 11) is 1.99. The fourth-order valence-corrected chi connectivity index (χ4v) is 2.29. The summed E-state index contributed by atoms with van der Waals surface area (Å²) in [6.07, 6.45) is 3.66. The van der Waals surface area contributed by atoms with E-state index < -0.39 is 0 Å². The third-order valence-electron chi connectivity index (χ3n) is 3.21. The lowest BCUT2D eigenvalue weighted by Gasteiger charge is -2.25. The molecule has 4 heteroatoms. The van der Waals surface area contributed by atoms with Crippen LogP contribution in [0.1, 0.15) is 12.0 Å². The van der Waals surface area contributed by atoms with Crippen molar-refractivity contribution in [2.75, 3.05) is 33.1 Å². The zero-order valence-electron chi connectivity index (χ0n) is 11.2. The molecule has 0 aliphatic carbocycles. The van der Waals surface area contributed by atoms with Gasteiger partial charge in [-0.1, -0.05) is 12.1 Å². The fourth-order valence-electron chi connectivity index (χ4n) is 1.88. The van der Waals surface area contributed by atoms with Gasteiger partial charge < -0.3 is 15.1 Å². The van der Waals surface area contributed by atoms with Crippen molar-refractivity contribution in [1.29, 1.82) is 0 Å². The fraction of sp³-hybridized carbons (Fsp3) is 0.571. The van der Waals surface area contributed by atoms with E-state index in [9.17, 15) is 5.11 Å². The number of hydrogen-bond donors (Lipinski definition) is 2. The highest BCUT2D eigenvalue weighted by Gasteiger charge is 2.12. The van der Waals surface area contributed by atoms with Crippen LogP contribution in [0.3, 0.4) is 0 Å². The van der Waals surface area contributed by atoms with E-state index in [0.717, 1.165) is 13.0 Å². The third-order valence-corrected chi connectivity index (χ3v) is 3.95. The number of nitrogens with zero attached hydrogens (tertiary/aromatic N) is 1. The summed E-state index contributed by atoms with van der Waals surface area (Å²) in [6, 6.07) is 8.63. The number of hydrogen-bond acceptors (Lipinski definition) is 4. The second-order valence-corrected chi connectivity index (χ2v) is 5.31. The summed E-state index contributed by atoms with van der Waals surface area (Å²) in [5.74, 6) is 0. The molecule has 1 aromatic carbocycles. The Labute approximate surface area is 114 Å². The van der Waals surface area contributed by atoms with E-state index in [1.165, 1.54) is 10.5 Å². The van der Waals surface area contributed by atoms with Gasteiger partial charge >= 0.3 is 0 Å². The van der Waals surface area contributed by atoms with Crippen LogP contribution >= 0.6 is 11.8 Å². The van der Waals surface area contributed by atoms with Crippen molar-refractivity contribution in [3.8, 4) is 0 Å². The molecule has 102 valence electrons. The predicted molar refractivity (Wildman–Crippen MR) is 77.1 cm³/mol. The Morgan fingerprint density at radius 3 is 2.39 bits per heavy atom. The summed E-state index contributed by atoms with van der Waals surface area (Å²) in [6.45, 7) is 1.12. The molecule has 1 atom stereocenters. The largest absolute Gasteiger partial charge is 0.396 e. The SMILES string of the molecule is CSc1ccc(CCN(C)C(CO)CCO)cc1. The van der Waals surface area contributed by atoms with Crippen molar-refractivity contribution in [2.45, 2.75) is 23.8 Å². The molecule has 0 aromatic heterocycles. The quantitative estimate of drug-likeness (QED) is 0.704. The Morgan fingerprint density at radius 1 is 1.22 bits per heavy atom. The van der Waals surface area contributed by atoms with Crippen LogP contribution in [0.25, 0.3) is 0 Å². The summed E-state index contributed by atoms with van der Waals surface area (Å²) in [5.41, 5.74) is 1.31. The molecule has 0 radical (unpaired) electrons. The van der Waals surface area contributed by atoms with Gasteiger partial charge in [0.15, 0.2) is 0 Å². The Hall–Kier alpha value is -0.550. The highest BCUT2D eigenvalue weighted by molar-refractivity contribution is 7.98. The maximum Gasteiger partial charge on any atom is 0.0587 e. The molecule has 0 heterocycles. The molecule has 0 saturated carbocycles. The van der Waals surface area contributed by atoms with E-state index in [1.54, 1.807) is 11.8 Å². The lowest BCUT2D eigenvalue weighted by molar-refractivity contribution is 0.120. The van der Waals surface area contributed by atoms with Crippen molar-refractivity contribution in [3.05, 3.63) is 29.8 Å². The molecule has 0 fully saturated rings. The minimum atomic E-state index is 0.0560. The molecule has 3 nitrogen and oxygen atoms in total. The van der Waals surface area contributed by atoms with Gasteiger partial charge in [0.05, 0.1) is 6.61 Å².